The first kappa shape index (κ1) is 35.8. The predicted molar refractivity (Wildman–Crippen MR) is 153 cm³/mol. The van der Waals surface area contributed by atoms with Crippen LogP contribution in [-0.2, 0) is 33.3 Å². The van der Waals surface area contributed by atoms with Gasteiger partial charge in [-0.1, -0.05) is 0 Å². The number of esters is 1. The number of nitrogens with zero attached hydrogens (tertiary/aromatic N) is 3. The van der Waals surface area contributed by atoms with E-state index in [2.05, 4.69) is 9.88 Å². The lowest BCUT2D eigenvalue weighted by Gasteiger charge is -2.26. The van der Waals surface area contributed by atoms with Gasteiger partial charge >= 0.3 is 5.97 Å². The van der Waals surface area contributed by atoms with E-state index in [0.717, 1.165) is 32.8 Å². The molecule has 2 N–H and O–H groups in total. The van der Waals surface area contributed by atoms with Crippen LogP contribution in [0.25, 0.3) is 0 Å². The third-order valence-electron chi connectivity index (χ3n) is 6.09. The predicted octanol–water partition coefficient (Wildman–Crippen LogP) is 1.17. The highest BCUT2D eigenvalue weighted by molar-refractivity contribution is 5.76. The van der Waals surface area contributed by atoms with Crippen molar-refractivity contribution in [2.24, 2.45) is 0 Å². The summed E-state index contributed by atoms with van der Waals surface area (Å²) < 4.78 is 33.1. The zero-order valence-electron chi connectivity index (χ0n) is 25.3. The number of morpholine rings is 1. The summed E-state index contributed by atoms with van der Waals surface area (Å²) in [6.45, 7) is 13.3. The summed E-state index contributed by atoms with van der Waals surface area (Å²) >= 11 is 0. The molecular formula is C29H49N3O10. The van der Waals surface area contributed by atoms with Crippen LogP contribution in [0, 0.1) is 0 Å². The van der Waals surface area contributed by atoms with E-state index in [9.17, 15) is 19.8 Å². The molecule has 2 heterocycles. The van der Waals surface area contributed by atoms with Crippen molar-refractivity contribution >= 4 is 11.9 Å². The van der Waals surface area contributed by atoms with Crippen LogP contribution in [0.2, 0.25) is 0 Å². The summed E-state index contributed by atoms with van der Waals surface area (Å²) in [6, 6.07) is 3.01. The van der Waals surface area contributed by atoms with E-state index in [1.54, 1.807) is 11.0 Å². The monoisotopic (exact) mass is 599 g/mol. The molecule has 13 heteroatoms. The van der Waals surface area contributed by atoms with Crippen LogP contribution in [0.3, 0.4) is 0 Å². The minimum atomic E-state index is -1.70. The molecular weight excluding hydrogens is 550 g/mol. The summed E-state index contributed by atoms with van der Waals surface area (Å²) in [6.07, 6.45) is 0.514. The van der Waals surface area contributed by atoms with Gasteiger partial charge in [-0.3, -0.25) is 19.5 Å². The number of aliphatic hydroxyl groups excluding tert-OH is 1. The molecule has 0 bridgehead atoms. The Balaban J connectivity index is 1.64. The number of hydrogen-bond donors (Lipinski definition) is 2. The number of carbonyl (C=O) groups excluding carboxylic acids is 2. The van der Waals surface area contributed by atoms with Crippen LogP contribution in [0.5, 0.6) is 5.75 Å². The summed E-state index contributed by atoms with van der Waals surface area (Å²) in [5.74, 6) is -0.0393. The minimum absolute atomic E-state index is 0.0650. The molecule has 13 nitrogen and oxygen atoms in total. The van der Waals surface area contributed by atoms with Crippen LogP contribution >= 0.6 is 0 Å². The number of carbonyl (C=O) groups is 2. The molecule has 0 unspecified atom stereocenters. The van der Waals surface area contributed by atoms with Gasteiger partial charge in [0.2, 0.25) is 5.91 Å². The van der Waals surface area contributed by atoms with E-state index in [4.69, 9.17) is 28.4 Å². The molecule has 1 fully saturated rings. The smallest absolute Gasteiger partial charge is 0.306 e. The largest absolute Gasteiger partial charge is 0.492 e. The lowest BCUT2D eigenvalue weighted by Crippen LogP contribution is -2.38. The Morgan fingerprint density at radius 1 is 0.976 bits per heavy atom. The summed E-state index contributed by atoms with van der Waals surface area (Å²) in [5, 5.41) is 18.6. The normalized spacial score (nSPS) is 14.2. The van der Waals surface area contributed by atoms with Crippen molar-refractivity contribution in [2.45, 2.75) is 51.9 Å². The number of aromatic nitrogens is 1. The topological polar surface area (TPSA) is 149 Å². The van der Waals surface area contributed by atoms with Crippen molar-refractivity contribution in [3.8, 4) is 5.75 Å². The fourth-order valence-corrected chi connectivity index (χ4v) is 3.98. The van der Waals surface area contributed by atoms with Crippen molar-refractivity contribution in [1.82, 2.24) is 14.8 Å². The van der Waals surface area contributed by atoms with Crippen LogP contribution in [0.1, 0.15) is 52.0 Å². The first-order chi connectivity index (χ1) is 20.1. The lowest BCUT2D eigenvalue weighted by atomic mass is 10.2. The average molecular weight is 600 g/mol. The Morgan fingerprint density at radius 2 is 1.64 bits per heavy atom. The van der Waals surface area contributed by atoms with Gasteiger partial charge in [-0.2, -0.15) is 0 Å². The average Bonchev–Trinajstić information content (AvgIpc) is 2.94. The maximum Gasteiger partial charge on any atom is 0.306 e. The molecule has 2 rings (SSSR count). The van der Waals surface area contributed by atoms with Crippen LogP contribution in [0.4, 0.5) is 0 Å². The van der Waals surface area contributed by atoms with Crippen LogP contribution in [0.15, 0.2) is 18.3 Å². The molecule has 1 aliphatic heterocycles. The molecule has 1 aliphatic rings. The zero-order valence-corrected chi connectivity index (χ0v) is 25.3. The second-order valence-corrected chi connectivity index (χ2v) is 10.8. The molecule has 0 radical (unpaired) electrons. The van der Waals surface area contributed by atoms with Gasteiger partial charge in [-0.15, -0.1) is 0 Å². The van der Waals surface area contributed by atoms with Gasteiger partial charge in [0.1, 0.15) is 18.0 Å². The highest BCUT2D eigenvalue weighted by Crippen LogP contribution is 2.15. The number of hydrogen-bond acceptors (Lipinski definition) is 12. The van der Waals surface area contributed by atoms with Crippen LogP contribution in [-0.4, -0.2) is 135 Å². The van der Waals surface area contributed by atoms with Crippen molar-refractivity contribution in [3.63, 3.8) is 0 Å². The molecule has 1 amide bonds. The Hall–Kier alpha value is -2.39. The first-order valence-electron chi connectivity index (χ1n) is 14.6. The maximum atomic E-state index is 12.9. The van der Waals surface area contributed by atoms with Crippen molar-refractivity contribution < 1.29 is 48.2 Å². The molecule has 42 heavy (non-hydrogen) atoms. The molecule has 1 saturated heterocycles. The highest BCUT2D eigenvalue weighted by Gasteiger charge is 2.18. The second kappa shape index (κ2) is 20.5. The third-order valence-corrected chi connectivity index (χ3v) is 6.09. The van der Waals surface area contributed by atoms with Gasteiger partial charge in [0.05, 0.1) is 71.5 Å². The summed E-state index contributed by atoms with van der Waals surface area (Å²) in [5.41, 5.74) is -0.501. The van der Waals surface area contributed by atoms with E-state index in [1.807, 2.05) is 20.8 Å². The van der Waals surface area contributed by atoms with Gasteiger partial charge in [0.15, 0.2) is 6.29 Å². The Labute approximate surface area is 249 Å². The van der Waals surface area contributed by atoms with Crippen molar-refractivity contribution in [2.75, 3.05) is 92.2 Å². The van der Waals surface area contributed by atoms with E-state index < -0.39 is 11.9 Å². The van der Waals surface area contributed by atoms with Gasteiger partial charge in [0.25, 0.3) is 0 Å². The molecule has 1 aromatic heterocycles. The molecule has 0 aromatic carbocycles. The quantitative estimate of drug-likeness (QED) is 0.119. The Bertz CT molecular complexity index is 891. The zero-order chi connectivity index (χ0) is 30.6. The third kappa shape index (κ3) is 16.9. The number of rotatable bonds is 21. The van der Waals surface area contributed by atoms with Crippen molar-refractivity contribution in [3.05, 3.63) is 24.0 Å². The molecule has 240 valence electrons. The number of amides is 1. The molecule has 0 saturated carbocycles. The van der Waals surface area contributed by atoms with E-state index in [-0.39, 0.29) is 50.2 Å². The van der Waals surface area contributed by atoms with Gasteiger partial charge in [-0.25, -0.2) is 0 Å². The molecule has 0 spiro atoms. The summed E-state index contributed by atoms with van der Waals surface area (Å²) in [7, 11) is 0. The molecule has 1 aromatic rings. The number of ether oxygens (including phenoxy) is 6. The van der Waals surface area contributed by atoms with Crippen molar-refractivity contribution in [1.29, 1.82) is 0 Å². The first-order valence-corrected chi connectivity index (χ1v) is 14.6. The Kier molecular flexibility index (Phi) is 17.5. The van der Waals surface area contributed by atoms with E-state index in [0.29, 0.717) is 51.7 Å². The lowest BCUT2D eigenvalue weighted by molar-refractivity contribution is -0.155. The summed E-state index contributed by atoms with van der Waals surface area (Å²) in [4.78, 5) is 32.8. The second-order valence-electron chi connectivity index (χ2n) is 10.8. The number of pyridine rings is 1. The van der Waals surface area contributed by atoms with Gasteiger partial charge in [-0.05, 0) is 33.3 Å². The van der Waals surface area contributed by atoms with E-state index >= 15 is 0 Å². The van der Waals surface area contributed by atoms with Gasteiger partial charge < -0.3 is 43.5 Å². The standard InChI is InChI=1S/C29H49N3O10/c1-29(2,3)42-27(34)5-4-9-32(13-18-41-24-6-8-30-25(23-24)28(35)36)26(33)7-14-37-19-21-40-22-20-39-17-12-31-10-15-38-16-11-31/h6,8,23,28,35-36H,4-5,7,9-22H2,1-3H3. The minimum Gasteiger partial charge on any atom is -0.492 e. The van der Waals surface area contributed by atoms with E-state index in [1.165, 1.54) is 12.3 Å². The SMILES string of the molecule is CC(C)(C)OC(=O)CCCN(CCOc1ccnc(C(O)O)c1)C(=O)CCOCCOCCOCCN1CCOCC1. The Morgan fingerprint density at radius 3 is 2.31 bits per heavy atom. The fraction of sp³-hybridized carbons (Fsp3) is 0.759. The molecule has 0 aliphatic carbocycles. The highest BCUT2D eigenvalue weighted by atomic mass is 16.6. The fourth-order valence-electron chi connectivity index (χ4n) is 3.98. The maximum absolute atomic E-state index is 12.9. The molecule has 0 atom stereocenters. The van der Waals surface area contributed by atoms with Gasteiger partial charge in [0, 0.05) is 44.9 Å². The number of aliphatic hydroxyl groups is 2. The van der Waals surface area contributed by atoms with Crippen LogP contribution < -0.4 is 4.74 Å².